The number of hydrogen-bond donors (Lipinski definition) is 2. The van der Waals surface area contributed by atoms with E-state index in [1.165, 1.54) is 43.3 Å². The molecule has 8 nitrogen and oxygen atoms in total. The van der Waals surface area contributed by atoms with Gasteiger partial charge in [-0.15, -0.1) is 0 Å². The third-order valence-electron chi connectivity index (χ3n) is 5.34. The van der Waals surface area contributed by atoms with Crippen LogP contribution in [0.4, 0.5) is 11.4 Å². The van der Waals surface area contributed by atoms with Crippen LogP contribution in [-0.2, 0) is 14.8 Å². The molecule has 0 saturated carbocycles. The Morgan fingerprint density at radius 3 is 2.32 bits per heavy atom. The van der Waals surface area contributed by atoms with E-state index in [1.54, 1.807) is 36.4 Å². The minimum Gasteiger partial charge on any atom is -0.497 e. The molecule has 0 spiro atoms. The van der Waals surface area contributed by atoms with E-state index in [0.717, 1.165) is 11.1 Å². The molecule has 0 radical (unpaired) electrons. The van der Waals surface area contributed by atoms with E-state index in [-0.39, 0.29) is 22.9 Å². The van der Waals surface area contributed by atoms with Crippen LogP contribution in [0.25, 0.3) is 0 Å². The third kappa shape index (κ3) is 5.93. The maximum absolute atomic E-state index is 12.8. The van der Waals surface area contributed by atoms with E-state index >= 15 is 0 Å². The second-order valence-electron chi connectivity index (χ2n) is 7.82. The molecule has 9 heteroatoms. The van der Waals surface area contributed by atoms with Crippen LogP contribution in [0.5, 0.6) is 5.75 Å². The molecule has 0 atom stereocenters. The lowest BCUT2D eigenvalue weighted by atomic mass is 10.1. The number of benzene rings is 3. The molecule has 2 amide bonds. The predicted octanol–water partition coefficient (Wildman–Crippen LogP) is 3.82. The quantitative estimate of drug-likeness (QED) is 0.509. The lowest BCUT2D eigenvalue weighted by molar-refractivity contribution is -0.116. The Morgan fingerprint density at radius 2 is 1.65 bits per heavy atom. The lowest BCUT2D eigenvalue weighted by Gasteiger charge is -2.17. The summed E-state index contributed by atoms with van der Waals surface area (Å²) >= 11 is 0. The second kappa shape index (κ2) is 10.4. The zero-order valence-electron chi connectivity index (χ0n) is 19.5. The molecule has 3 aromatic rings. The first-order valence-electron chi connectivity index (χ1n) is 10.5. The topological polar surface area (TPSA) is 105 Å². The van der Waals surface area contributed by atoms with E-state index < -0.39 is 15.9 Å². The summed E-state index contributed by atoms with van der Waals surface area (Å²) in [7, 11) is -0.792. The van der Waals surface area contributed by atoms with Gasteiger partial charge in [0.2, 0.25) is 5.91 Å². The Hall–Kier alpha value is -3.85. The Kier molecular flexibility index (Phi) is 7.57. The number of amides is 2. The number of likely N-dealkylation sites (N-methyl/N-ethyl adjacent to an activating group) is 1. The normalized spacial score (nSPS) is 10.9. The number of nitrogens with one attached hydrogen (secondary N) is 2. The standard InChI is InChI=1S/C25H27N3O5S/c1-17-7-5-10-23(18(17)2)27-34(31,32)22-13-11-19(12-14-22)25(30)28(3)16-24(29)26-20-8-6-9-21(15-20)33-4/h5-15,27H,16H2,1-4H3,(H,26,29). The van der Waals surface area contributed by atoms with Gasteiger partial charge in [-0.05, 0) is 67.4 Å². The van der Waals surface area contributed by atoms with E-state index in [2.05, 4.69) is 10.0 Å². The number of ether oxygens (including phenoxy) is 1. The SMILES string of the molecule is COc1cccc(NC(=O)CN(C)C(=O)c2ccc(S(=O)(=O)Nc3cccc(C)c3C)cc2)c1. The number of carbonyl (C=O) groups is 2. The number of rotatable bonds is 8. The highest BCUT2D eigenvalue weighted by Gasteiger charge is 2.19. The van der Waals surface area contributed by atoms with E-state index in [1.807, 2.05) is 19.9 Å². The Morgan fingerprint density at radius 1 is 0.971 bits per heavy atom. The van der Waals surface area contributed by atoms with Gasteiger partial charge >= 0.3 is 0 Å². The first-order chi connectivity index (χ1) is 16.1. The summed E-state index contributed by atoms with van der Waals surface area (Å²) in [6.07, 6.45) is 0. The monoisotopic (exact) mass is 481 g/mol. The Bertz CT molecular complexity index is 1300. The minimum atomic E-state index is -3.82. The predicted molar refractivity (Wildman–Crippen MR) is 132 cm³/mol. The molecule has 2 N–H and O–H groups in total. The number of aryl methyl sites for hydroxylation is 1. The molecular formula is C25H27N3O5S. The van der Waals surface area contributed by atoms with Crippen LogP contribution in [0.15, 0.2) is 71.6 Å². The van der Waals surface area contributed by atoms with E-state index in [4.69, 9.17) is 4.74 Å². The van der Waals surface area contributed by atoms with Crippen molar-refractivity contribution in [1.29, 1.82) is 0 Å². The van der Waals surface area contributed by atoms with Gasteiger partial charge in [0.25, 0.3) is 15.9 Å². The van der Waals surface area contributed by atoms with Crippen LogP contribution in [0.2, 0.25) is 0 Å². The first-order valence-corrected chi connectivity index (χ1v) is 12.0. The maximum atomic E-state index is 12.8. The van der Waals surface area contributed by atoms with Crippen LogP contribution in [0.3, 0.4) is 0 Å². The van der Waals surface area contributed by atoms with Gasteiger partial charge in [0.05, 0.1) is 24.2 Å². The molecule has 3 aromatic carbocycles. The molecule has 0 heterocycles. The maximum Gasteiger partial charge on any atom is 0.261 e. The molecule has 34 heavy (non-hydrogen) atoms. The van der Waals surface area contributed by atoms with Crippen molar-refractivity contribution < 1.29 is 22.7 Å². The fourth-order valence-electron chi connectivity index (χ4n) is 3.25. The Balaban J connectivity index is 1.65. The Labute approximate surface area is 199 Å². The molecular weight excluding hydrogens is 454 g/mol. The van der Waals surface area contributed by atoms with Crippen molar-refractivity contribution in [3.05, 3.63) is 83.4 Å². The number of methoxy groups -OCH3 is 1. The van der Waals surface area contributed by atoms with Gasteiger partial charge in [0.1, 0.15) is 5.75 Å². The largest absolute Gasteiger partial charge is 0.497 e. The average Bonchev–Trinajstić information content (AvgIpc) is 2.81. The van der Waals surface area contributed by atoms with Gasteiger partial charge in [-0.3, -0.25) is 14.3 Å². The van der Waals surface area contributed by atoms with E-state index in [0.29, 0.717) is 17.1 Å². The van der Waals surface area contributed by atoms with E-state index in [9.17, 15) is 18.0 Å². The molecule has 0 aliphatic rings. The van der Waals surface area contributed by atoms with Crippen molar-refractivity contribution in [3.63, 3.8) is 0 Å². The number of carbonyl (C=O) groups excluding carboxylic acids is 2. The highest BCUT2D eigenvalue weighted by molar-refractivity contribution is 7.92. The van der Waals surface area contributed by atoms with Gasteiger partial charge in [-0.1, -0.05) is 18.2 Å². The second-order valence-corrected chi connectivity index (χ2v) is 9.50. The average molecular weight is 482 g/mol. The molecule has 0 aromatic heterocycles. The van der Waals surface area contributed by atoms with Crippen LogP contribution >= 0.6 is 0 Å². The van der Waals surface area contributed by atoms with Gasteiger partial charge in [0.15, 0.2) is 0 Å². The molecule has 0 aliphatic carbocycles. The minimum absolute atomic E-state index is 0.0309. The zero-order valence-corrected chi connectivity index (χ0v) is 20.3. The van der Waals surface area contributed by atoms with Gasteiger partial charge in [-0.2, -0.15) is 0 Å². The molecule has 0 aliphatic heterocycles. The summed E-state index contributed by atoms with van der Waals surface area (Å²) in [6.45, 7) is 3.57. The number of hydrogen-bond acceptors (Lipinski definition) is 5. The van der Waals surface area contributed by atoms with Crippen LogP contribution < -0.4 is 14.8 Å². The molecule has 0 fully saturated rings. The summed E-state index contributed by atoms with van der Waals surface area (Å²) in [5, 5.41) is 2.71. The molecule has 178 valence electrons. The van der Waals surface area contributed by atoms with Gasteiger partial charge < -0.3 is 15.0 Å². The number of anilines is 2. The zero-order chi connectivity index (χ0) is 24.9. The summed E-state index contributed by atoms with van der Waals surface area (Å²) in [5.74, 6) is -0.183. The van der Waals surface area contributed by atoms with Crippen molar-refractivity contribution in [2.45, 2.75) is 18.7 Å². The van der Waals surface area contributed by atoms with Crippen molar-refractivity contribution in [2.24, 2.45) is 0 Å². The number of nitrogens with zero attached hydrogens (tertiary/aromatic N) is 1. The van der Waals surface area contributed by atoms with Gasteiger partial charge in [-0.25, -0.2) is 8.42 Å². The molecule has 3 rings (SSSR count). The summed E-state index contributed by atoms with van der Waals surface area (Å²) in [5.41, 5.74) is 3.13. The smallest absolute Gasteiger partial charge is 0.261 e. The van der Waals surface area contributed by atoms with Crippen molar-refractivity contribution in [1.82, 2.24) is 4.90 Å². The van der Waals surface area contributed by atoms with Crippen LogP contribution in [-0.4, -0.2) is 45.8 Å². The lowest BCUT2D eigenvalue weighted by Crippen LogP contribution is -2.34. The molecule has 0 unspecified atom stereocenters. The van der Waals surface area contributed by atoms with Crippen LogP contribution in [0.1, 0.15) is 21.5 Å². The third-order valence-corrected chi connectivity index (χ3v) is 6.72. The van der Waals surface area contributed by atoms with Crippen molar-refractivity contribution >= 4 is 33.2 Å². The highest BCUT2D eigenvalue weighted by Crippen LogP contribution is 2.22. The number of sulfonamides is 1. The summed E-state index contributed by atoms with van der Waals surface area (Å²) in [4.78, 5) is 26.4. The van der Waals surface area contributed by atoms with Crippen molar-refractivity contribution in [2.75, 3.05) is 30.7 Å². The summed E-state index contributed by atoms with van der Waals surface area (Å²) < 4.78 is 33.3. The fourth-order valence-corrected chi connectivity index (χ4v) is 4.37. The highest BCUT2D eigenvalue weighted by atomic mass is 32.2. The molecule has 0 saturated heterocycles. The van der Waals surface area contributed by atoms with Gasteiger partial charge in [0, 0.05) is 24.4 Å². The fraction of sp³-hybridized carbons (Fsp3) is 0.200. The molecule has 0 bridgehead atoms. The van der Waals surface area contributed by atoms with Crippen LogP contribution in [0, 0.1) is 13.8 Å². The summed E-state index contributed by atoms with van der Waals surface area (Å²) in [6, 6.07) is 17.9. The first kappa shape index (κ1) is 24.8. The van der Waals surface area contributed by atoms with Crippen molar-refractivity contribution in [3.8, 4) is 5.75 Å².